The summed E-state index contributed by atoms with van der Waals surface area (Å²) in [6.45, 7) is 1.81. The maximum absolute atomic E-state index is 12.3. The molecule has 2 heterocycles. The molecule has 0 saturated heterocycles. The standard InChI is InChI=1S/C18H14ClN3OS/c1-12-16(24-18(22-12)14-6-4-9-20-11-14)17(23)21-10-8-13-5-2-3-7-15(13)19/h2-7,9-11H,8H2,1H3. The van der Waals surface area contributed by atoms with Crippen LogP contribution in [0, 0.1) is 6.92 Å². The van der Waals surface area contributed by atoms with Gasteiger partial charge in [-0.05, 0) is 30.7 Å². The molecule has 0 aliphatic carbocycles. The van der Waals surface area contributed by atoms with Crippen molar-refractivity contribution in [1.82, 2.24) is 9.97 Å². The Labute approximate surface area is 148 Å². The Hall–Kier alpha value is -2.37. The van der Waals surface area contributed by atoms with Crippen molar-refractivity contribution in [2.24, 2.45) is 4.99 Å². The van der Waals surface area contributed by atoms with Gasteiger partial charge in [0.2, 0.25) is 0 Å². The van der Waals surface area contributed by atoms with Gasteiger partial charge >= 0.3 is 0 Å². The fraction of sp³-hybridized carbons (Fsp3) is 0.111. The molecular weight excluding hydrogens is 342 g/mol. The molecule has 0 spiro atoms. The first-order valence-corrected chi connectivity index (χ1v) is 8.52. The molecule has 0 bridgehead atoms. The van der Waals surface area contributed by atoms with Crippen LogP contribution >= 0.6 is 22.9 Å². The van der Waals surface area contributed by atoms with Crippen LogP contribution in [0.4, 0.5) is 0 Å². The first kappa shape index (κ1) is 16.5. The second-order valence-electron chi connectivity index (χ2n) is 5.09. The number of carbonyl (C=O) groups excluding carboxylic acids is 1. The number of rotatable bonds is 4. The van der Waals surface area contributed by atoms with Crippen molar-refractivity contribution >= 4 is 35.1 Å². The summed E-state index contributed by atoms with van der Waals surface area (Å²) in [5.41, 5.74) is 2.51. The van der Waals surface area contributed by atoms with Crippen LogP contribution in [0.5, 0.6) is 0 Å². The summed E-state index contributed by atoms with van der Waals surface area (Å²) in [5.74, 6) is -0.285. The lowest BCUT2D eigenvalue weighted by Crippen LogP contribution is -1.96. The molecule has 3 aromatic rings. The van der Waals surface area contributed by atoms with Crippen LogP contribution in [0.15, 0.2) is 53.8 Å². The number of thiazole rings is 1. The summed E-state index contributed by atoms with van der Waals surface area (Å²) < 4.78 is 0. The molecule has 4 nitrogen and oxygen atoms in total. The van der Waals surface area contributed by atoms with Gasteiger partial charge < -0.3 is 0 Å². The molecule has 3 rings (SSSR count). The molecule has 0 saturated carbocycles. The number of pyridine rings is 1. The minimum Gasteiger partial charge on any atom is -0.266 e. The van der Waals surface area contributed by atoms with Crippen LogP contribution in [0.25, 0.3) is 10.6 Å². The highest BCUT2D eigenvalue weighted by Gasteiger charge is 2.15. The van der Waals surface area contributed by atoms with E-state index in [1.807, 2.05) is 43.3 Å². The summed E-state index contributed by atoms with van der Waals surface area (Å²) in [6.07, 6.45) is 5.54. The Morgan fingerprint density at radius 2 is 2.12 bits per heavy atom. The quantitative estimate of drug-likeness (QED) is 0.641. The summed E-state index contributed by atoms with van der Waals surface area (Å²) >= 11 is 7.42. The normalized spacial score (nSPS) is 11.1. The maximum Gasteiger partial charge on any atom is 0.288 e. The Kier molecular flexibility index (Phi) is 5.13. The summed E-state index contributed by atoms with van der Waals surface area (Å²) in [5, 5.41) is 1.44. The number of carbonyl (C=O) groups is 1. The Morgan fingerprint density at radius 3 is 2.88 bits per heavy atom. The first-order valence-electron chi connectivity index (χ1n) is 7.33. The number of aryl methyl sites for hydroxylation is 1. The van der Waals surface area contributed by atoms with Gasteiger partial charge in [-0.15, -0.1) is 11.3 Å². The van der Waals surface area contributed by atoms with Gasteiger partial charge in [0.1, 0.15) is 9.88 Å². The molecule has 0 radical (unpaired) electrons. The van der Waals surface area contributed by atoms with E-state index >= 15 is 0 Å². The van der Waals surface area contributed by atoms with E-state index in [1.54, 1.807) is 18.6 Å². The van der Waals surface area contributed by atoms with Crippen LogP contribution in [-0.4, -0.2) is 22.1 Å². The van der Waals surface area contributed by atoms with Gasteiger partial charge in [0.05, 0.1) is 5.69 Å². The molecule has 1 amide bonds. The van der Waals surface area contributed by atoms with Crippen molar-refractivity contribution in [1.29, 1.82) is 0 Å². The molecule has 24 heavy (non-hydrogen) atoms. The van der Waals surface area contributed by atoms with Crippen molar-refractivity contribution in [3.8, 4) is 10.6 Å². The Bertz CT molecular complexity index is 890. The van der Waals surface area contributed by atoms with Gasteiger partial charge in [-0.2, -0.15) is 0 Å². The van der Waals surface area contributed by atoms with Crippen LogP contribution < -0.4 is 0 Å². The number of benzene rings is 1. The number of hydrogen-bond acceptors (Lipinski definition) is 4. The van der Waals surface area contributed by atoms with Gasteiger partial charge in [-0.1, -0.05) is 29.8 Å². The smallest absolute Gasteiger partial charge is 0.266 e. The molecule has 0 unspecified atom stereocenters. The lowest BCUT2D eigenvalue weighted by atomic mass is 10.2. The fourth-order valence-electron chi connectivity index (χ4n) is 2.16. The summed E-state index contributed by atoms with van der Waals surface area (Å²) in [4.78, 5) is 25.4. The number of amides is 1. The van der Waals surface area contributed by atoms with E-state index in [0.717, 1.165) is 16.1 Å². The highest BCUT2D eigenvalue weighted by atomic mass is 35.5. The zero-order chi connectivity index (χ0) is 16.9. The molecule has 6 heteroatoms. The number of hydrogen-bond donors (Lipinski definition) is 0. The predicted molar refractivity (Wildman–Crippen MR) is 98.1 cm³/mol. The van der Waals surface area contributed by atoms with E-state index in [1.165, 1.54) is 11.3 Å². The molecule has 0 N–H and O–H groups in total. The Morgan fingerprint density at radius 1 is 1.29 bits per heavy atom. The maximum atomic E-state index is 12.3. The second kappa shape index (κ2) is 7.47. The van der Waals surface area contributed by atoms with Gasteiger partial charge in [-0.3, -0.25) is 9.78 Å². The van der Waals surface area contributed by atoms with E-state index in [-0.39, 0.29) is 5.91 Å². The number of aliphatic imine (C=N–C) groups is 1. The van der Waals surface area contributed by atoms with E-state index < -0.39 is 0 Å². The molecule has 0 atom stereocenters. The zero-order valence-corrected chi connectivity index (χ0v) is 14.5. The average molecular weight is 356 g/mol. The SMILES string of the molecule is Cc1nc(-c2cccnc2)sc1C(=O)N=CCc1ccccc1Cl. The van der Waals surface area contributed by atoms with E-state index in [2.05, 4.69) is 15.0 Å². The van der Waals surface area contributed by atoms with Crippen molar-refractivity contribution in [3.63, 3.8) is 0 Å². The van der Waals surface area contributed by atoms with Crippen LogP contribution in [0.3, 0.4) is 0 Å². The molecule has 120 valence electrons. The van der Waals surface area contributed by atoms with Crippen LogP contribution in [-0.2, 0) is 6.42 Å². The van der Waals surface area contributed by atoms with Gasteiger partial charge in [0.15, 0.2) is 0 Å². The lowest BCUT2D eigenvalue weighted by molar-refractivity contribution is 0.101. The number of aromatic nitrogens is 2. The largest absolute Gasteiger partial charge is 0.288 e. The number of halogens is 1. The van der Waals surface area contributed by atoms with Gasteiger partial charge in [0, 0.05) is 35.6 Å². The van der Waals surface area contributed by atoms with Crippen LogP contribution in [0.2, 0.25) is 5.02 Å². The molecule has 0 fully saturated rings. The predicted octanol–water partition coefficient (Wildman–Crippen LogP) is 4.62. The van der Waals surface area contributed by atoms with Crippen molar-refractivity contribution < 1.29 is 4.79 Å². The van der Waals surface area contributed by atoms with E-state index in [4.69, 9.17) is 11.6 Å². The Balaban J connectivity index is 1.75. The lowest BCUT2D eigenvalue weighted by Gasteiger charge is -1.98. The van der Waals surface area contributed by atoms with Crippen LogP contribution in [0.1, 0.15) is 20.9 Å². The minimum atomic E-state index is -0.285. The summed E-state index contributed by atoms with van der Waals surface area (Å²) in [6, 6.07) is 11.3. The molecule has 0 aliphatic heterocycles. The third-order valence-electron chi connectivity index (χ3n) is 3.38. The fourth-order valence-corrected chi connectivity index (χ4v) is 3.32. The zero-order valence-electron chi connectivity index (χ0n) is 12.9. The first-order chi connectivity index (χ1) is 11.6. The van der Waals surface area contributed by atoms with Gasteiger partial charge in [0.25, 0.3) is 5.91 Å². The monoisotopic (exact) mass is 355 g/mol. The third-order valence-corrected chi connectivity index (χ3v) is 4.94. The highest BCUT2D eigenvalue weighted by molar-refractivity contribution is 7.17. The molecule has 0 aliphatic rings. The molecule has 1 aromatic carbocycles. The second-order valence-corrected chi connectivity index (χ2v) is 6.49. The van der Waals surface area contributed by atoms with Gasteiger partial charge in [-0.25, -0.2) is 9.98 Å². The van der Waals surface area contributed by atoms with E-state index in [0.29, 0.717) is 22.0 Å². The van der Waals surface area contributed by atoms with Crippen molar-refractivity contribution in [3.05, 3.63) is 69.9 Å². The van der Waals surface area contributed by atoms with E-state index in [9.17, 15) is 4.79 Å². The van der Waals surface area contributed by atoms with Crippen molar-refractivity contribution in [2.45, 2.75) is 13.3 Å². The highest BCUT2D eigenvalue weighted by Crippen LogP contribution is 2.27. The average Bonchev–Trinajstić information content (AvgIpc) is 2.99. The topological polar surface area (TPSA) is 55.2 Å². The molecule has 2 aromatic heterocycles. The van der Waals surface area contributed by atoms with Crippen molar-refractivity contribution in [2.75, 3.05) is 0 Å². The summed E-state index contributed by atoms with van der Waals surface area (Å²) in [7, 11) is 0. The number of nitrogens with zero attached hydrogens (tertiary/aromatic N) is 3. The molecular formula is C18H14ClN3OS. The third kappa shape index (κ3) is 3.75. The minimum absolute atomic E-state index is 0.285.